The Morgan fingerprint density at radius 2 is 2.05 bits per heavy atom. The number of rotatable bonds is 5. The van der Waals surface area contributed by atoms with Crippen LogP contribution in [0.3, 0.4) is 0 Å². The lowest BCUT2D eigenvalue weighted by Gasteiger charge is -2.08. The lowest BCUT2D eigenvalue weighted by atomic mass is 10.2. The predicted molar refractivity (Wildman–Crippen MR) is 87.1 cm³/mol. The van der Waals surface area contributed by atoms with Crippen molar-refractivity contribution in [2.24, 2.45) is 0 Å². The topological polar surface area (TPSA) is 12.0 Å². The van der Waals surface area contributed by atoms with Crippen LogP contribution in [0.2, 0.25) is 5.02 Å². The van der Waals surface area contributed by atoms with E-state index >= 15 is 0 Å². The normalized spacial score (nSPS) is 10.7. The van der Waals surface area contributed by atoms with Crippen LogP contribution in [0, 0.1) is 0 Å². The summed E-state index contributed by atoms with van der Waals surface area (Å²) in [6, 6.07) is 14.5. The lowest BCUT2D eigenvalue weighted by molar-refractivity contribution is 0.726. The molecule has 4 heteroatoms. The van der Waals surface area contributed by atoms with Crippen molar-refractivity contribution in [2.75, 3.05) is 6.54 Å². The summed E-state index contributed by atoms with van der Waals surface area (Å²) in [6.07, 6.45) is 0. The van der Waals surface area contributed by atoms with E-state index in [-0.39, 0.29) is 0 Å². The average Bonchev–Trinajstić information content (AvgIpc) is 2.39. The van der Waals surface area contributed by atoms with E-state index in [1.165, 1.54) is 10.5 Å². The van der Waals surface area contributed by atoms with E-state index in [1.54, 1.807) is 11.8 Å². The first-order valence-corrected chi connectivity index (χ1v) is 8.10. The van der Waals surface area contributed by atoms with Crippen LogP contribution >= 0.6 is 39.3 Å². The smallest absolute Gasteiger partial charge is 0.0548 e. The highest BCUT2D eigenvalue weighted by Gasteiger charge is 2.04. The molecular formula is C15H15BrClNS. The fourth-order valence-corrected chi connectivity index (χ4v) is 3.41. The summed E-state index contributed by atoms with van der Waals surface area (Å²) in [6.45, 7) is 3.92. The van der Waals surface area contributed by atoms with Crippen LogP contribution in [-0.4, -0.2) is 6.54 Å². The van der Waals surface area contributed by atoms with E-state index < -0.39 is 0 Å². The standard InChI is InChI=1S/C15H15BrClNS/c1-2-18-10-11-6-7-15(14(17)8-11)19-13-5-3-4-12(16)9-13/h3-9,18H,2,10H2,1H3. The summed E-state index contributed by atoms with van der Waals surface area (Å²) in [4.78, 5) is 2.26. The highest BCUT2D eigenvalue weighted by molar-refractivity contribution is 9.10. The van der Waals surface area contributed by atoms with Gasteiger partial charge in [0.2, 0.25) is 0 Å². The molecule has 0 aliphatic heterocycles. The Balaban J connectivity index is 2.13. The molecule has 0 aliphatic carbocycles. The van der Waals surface area contributed by atoms with Crippen LogP contribution in [-0.2, 0) is 6.54 Å². The Bertz CT molecular complexity index is 560. The largest absolute Gasteiger partial charge is 0.313 e. The van der Waals surface area contributed by atoms with Crippen molar-refractivity contribution in [3.8, 4) is 0 Å². The van der Waals surface area contributed by atoms with Crippen molar-refractivity contribution in [1.82, 2.24) is 5.32 Å². The number of benzene rings is 2. The second-order valence-electron chi connectivity index (χ2n) is 4.10. The van der Waals surface area contributed by atoms with Crippen molar-refractivity contribution in [3.05, 3.63) is 57.5 Å². The van der Waals surface area contributed by atoms with Crippen molar-refractivity contribution >= 4 is 39.3 Å². The van der Waals surface area contributed by atoms with Gasteiger partial charge in [-0.25, -0.2) is 0 Å². The molecule has 1 nitrogen and oxygen atoms in total. The van der Waals surface area contributed by atoms with Gasteiger partial charge in [0, 0.05) is 20.8 Å². The third-order valence-electron chi connectivity index (χ3n) is 2.60. The molecule has 0 aliphatic rings. The number of nitrogens with one attached hydrogen (secondary N) is 1. The molecule has 1 N–H and O–H groups in total. The van der Waals surface area contributed by atoms with Crippen LogP contribution in [0.5, 0.6) is 0 Å². The molecule has 0 aromatic heterocycles. The predicted octanol–water partition coefficient (Wildman–Crippen LogP) is 5.36. The van der Waals surface area contributed by atoms with Gasteiger partial charge in [0.05, 0.1) is 5.02 Å². The maximum Gasteiger partial charge on any atom is 0.0548 e. The van der Waals surface area contributed by atoms with Crippen LogP contribution in [0.4, 0.5) is 0 Å². The molecule has 2 rings (SSSR count). The minimum atomic E-state index is 0.806. The molecule has 0 fully saturated rings. The van der Waals surface area contributed by atoms with E-state index in [0.717, 1.165) is 27.5 Å². The van der Waals surface area contributed by atoms with Gasteiger partial charge in [-0.2, -0.15) is 0 Å². The van der Waals surface area contributed by atoms with E-state index in [1.807, 2.05) is 18.2 Å². The van der Waals surface area contributed by atoms with Gasteiger partial charge in [0.15, 0.2) is 0 Å². The number of hydrogen-bond acceptors (Lipinski definition) is 2. The van der Waals surface area contributed by atoms with Crippen LogP contribution in [0.1, 0.15) is 12.5 Å². The second kappa shape index (κ2) is 7.34. The quantitative estimate of drug-likeness (QED) is 0.773. The van der Waals surface area contributed by atoms with E-state index in [4.69, 9.17) is 11.6 Å². The van der Waals surface area contributed by atoms with Crippen LogP contribution in [0.15, 0.2) is 56.7 Å². The Morgan fingerprint density at radius 1 is 1.21 bits per heavy atom. The molecule has 100 valence electrons. The Kier molecular flexibility index (Phi) is 5.76. The zero-order valence-corrected chi connectivity index (χ0v) is 13.8. The molecule has 0 saturated carbocycles. The lowest BCUT2D eigenvalue weighted by Crippen LogP contribution is -2.11. The molecule has 0 unspecified atom stereocenters. The van der Waals surface area contributed by atoms with E-state index in [9.17, 15) is 0 Å². The van der Waals surface area contributed by atoms with Gasteiger partial charge < -0.3 is 5.32 Å². The molecule has 0 amide bonds. The zero-order chi connectivity index (χ0) is 13.7. The maximum atomic E-state index is 6.34. The van der Waals surface area contributed by atoms with Crippen molar-refractivity contribution in [3.63, 3.8) is 0 Å². The molecule has 0 saturated heterocycles. The van der Waals surface area contributed by atoms with E-state index in [2.05, 4.69) is 52.4 Å². The van der Waals surface area contributed by atoms with Gasteiger partial charge in [-0.1, -0.05) is 58.3 Å². The minimum absolute atomic E-state index is 0.806. The Labute approximate surface area is 131 Å². The summed E-state index contributed by atoms with van der Waals surface area (Å²) in [5, 5.41) is 4.10. The third-order valence-corrected chi connectivity index (χ3v) is 4.58. The average molecular weight is 357 g/mol. The molecule has 0 spiro atoms. The molecule has 0 bridgehead atoms. The molecule has 2 aromatic rings. The molecule has 0 atom stereocenters. The first-order valence-electron chi connectivity index (χ1n) is 6.11. The fourth-order valence-electron chi connectivity index (χ4n) is 1.66. The zero-order valence-electron chi connectivity index (χ0n) is 10.6. The molecule has 0 heterocycles. The van der Waals surface area contributed by atoms with Crippen LogP contribution in [0.25, 0.3) is 0 Å². The van der Waals surface area contributed by atoms with E-state index in [0.29, 0.717) is 0 Å². The van der Waals surface area contributed by atoms with Gasteiger partial charge in [-0.05, 0) is 42.4 Å². The number of halogens is 2. The maximum absolute atomic E-state index is 6.34. The van der Waals surface area contributed by atoms with Crippen molar-refractivity contribution in [2.45, 2.75) is 23.3 Å². The van der Waals surface area contributed by atoms with Gasteiger partial charge in [-0.15, -0.1) is 0 Å². The molecule has 19 heavy (non-hydrogen) atoms. The molecule has 2 aromatic carbocycles. The Morgan fingerprint density at radius 3 is 2.74 bits per heavy atom. The Hall–Kier alpha value is -0.480. The molecular weight excluding hydrogens is 342 g/mol. The SMILES string of the molecule is CCNCc1ccc(Sc2cccc(Br)c2)c(Cl)c1. The minimum Gasteiger partial charge on any atom is -0.313 e. The number of hydrogen-bond donors (Lipinski definition) is 1. The van der Waals surface area contributed by atoms with Gasteiger partial charge in [0.1, 0.15) is 0 Å². The van der Waals surface area contributed by atoms with Gasteiger partial charge in [0.25, 0.3) is 0 Å². The summed E-state index contributed by atoms with van der Waals surface area (Å²) in [5.41, 5.74) is 1.21. The summed E-state index contributed by atoms with van der Waals surface area (Å²) < 4.78 is 1.08. The second-order valence-corrected chi connectivity index (χ2v) is 6.54. The first kappa shape index (κ1) is 14.9. The van der Waals surface area contributed by atoms with Gasteiger partial charge in [-0.3, -0.25) is 0 Å². The highest BCUT2D eigenvalue weighted by atomic mass is 79.9. The van der Waals surface area contributed by atoms with Crippen molar-refractivity contribution in [1.29, 1.82) is 0 Å². The third kappa shape index (κ3) is 4.53. The van der Waals surface area contributed by atoms with Gasteiger partial charge >= 0.3 is 0 Å². The monoisotopic (exact) mass is 355 g/mol. The fraction of sp³-hybridized carbons (Fsp3) is 0.200. The summed E-state index contributed by atoms with van der Waals surface area (Å²) in [5.74, 6) is 0. The molecule has 0 radical (unpaired) electrons. The first-order chi connectivity index (χ1) is 9.19. The summed E-state index contributed by atoms with van der Waals surface area (Å²) in [7, 11) is 0. The highest BCUT2D eigenvalue weighted by Crippen LogP contribution is 2.34. The van der Waals surface area contributed by atoms with Crippen LogP contribution < -0.4 is 5.32 Å². The van der Waals surface area contributed by atoms with Crippen molar-refractivity contribution < 1.29 is 0 Å². The summed E-state index contributed by atoms with van der Waals surface area (Å²) >= 11 is 11.5.